The second-order valence-corrected chi connectivity index (χ2v) is 5.60. The lowest BCUT2D eigenvalue weighted by atomic mass is 10.1. The number of rotatable bonds is 3. The molecule has 1 unspecified atom stereocenters. The summed E-state index contributed by atoms with van der Waals surface area (Å²) in [6.07, 6.45) is 5.14. The lowest BCUT2D eigenvalue weighted by Gasteiger charge is -2.27. The van der Waals surface area contributed by atoms with E-state index >= 15 is 0 Å². The normalized spacial score (nSPS) is 19.9. The Labute approximate surface area is 119 Å². The van der Waals surface area contributed by atoms with Gasteiger partial charge in [-0.3, -0.25) is 4.79 Å². The molecule has 0 aromatic carbocycles. The first-order valence-corrected chi connectivity index (χ1v) is 7.23. The Morgan fingerprint density at radius 1 is 1.30 bits per heavy atom. The SMILES string of the molecule is CC(C)n1cccc1C(=O)N1CCCCCC1C(=O)O. The van der Waals surface area contributed by atoms with Crippen LogP contribution in [0.15, 0.2) is 18.3 Å². The fourth-order valence-corrected chi connectivity index (χ4v) is 2.78. The summed E-state index contributed by atoms with van der Waals surface area (Å²) in [7, 11) is 0. The number of carbonyl (C=O) groups excluding carboxylic acids is 1. The molecule has 2 rings (SSSR count). The van der Waals surface area contributed by atoms with E-state index in [9.17, 15) is 14.7 Å². The maximum atomic E-state index is 12.7. The summed E-state index contributed by atoms with van der Waals surface area (Å²) in [6, 6.07) is 3.09. The minimum absolute atomic E-state index is 0.169. The summed E-state index contributed by atoms with van der Waals surface area (Å²) in [4.78, 5) is 25.6. The topological polar surface area (TPSA) is 62.5 Å². The highest BCUT2D eigenvalue weighted by Gasteiger charge is 2.32. The maximum absolute atomic E-state index is 12.7. The van der Waals surface area contributed by atoms with Crippen LogP contribution in [0.2, 0.25) is 0 Å². The van der Waals surface area contributed by atoms with Crippen molar-refractivity contribution in [3.8, 4) is 0 Å². The Kier molecular flexibility index (Phi) is 4.47. The summed E-state index contributed by atoms with van der Waals surface area (Å²) >= 11 is 0. The van der Waals surface area contributed by atoms with Gasteiger partial charge >= 0.3 is 5.97 Å². The van der Waals surface area contributed by atoms with E-state index < -0.39 is 12.0 Å². The smallest absolute Gasteiger partial charge is 0.326 e. The second-order valence-electron chi connectivity index (χ2n) is 5.60. The van der Waals surface area contributed by atoms with E-state index in [0.717, 1.165) is 19.3 Å². The quantitative estimate of drug-likeness (QED) is 0.924. The predicted molar refractivity (Wildman–Crippen MR) is 75.7 cm³/mol. The number of hydrogen-bond donors (Lipinski definition) is 1. The van der Waals surface area contributed by atoms with Gasteiger partial charge in [-0.1, -0.05) is 12.8 Å². The van der Waals surface area contributed by atoms with Gasteiger partial charge in [0.15, 0.2) is 0 Å². The van der Waals surface area contributed by atoms with Crippen LogP contribution < -0.4 is 0 Å². The molecule has 5 heteroatoms. The van der Waals surface area contributed by atoms with Crippen LogP contribution in [-0.2, 0) is 4.79 Å². The third kappa shape index (κ3) is 2.86. The van der Waals surface area contributed by atoms with Crippen LogP contribution in [0.1, 0.15) is 56.1 Å². The molecule has 1 N–H and O–H groups in total. The monoisotopic (exact) mass is 278 g/mol. The van der Waals surface area contributed by atoms with Crippen molar-refractivity contribution < 1.29 is 14.7 Å². The summed E-state index contributed by atoms with van der Waals surface area (Å²) in [6.45, 7) is 4.54. The largest absolute Gasteiger partial charge is 0.480 e. The van der Waals surface area contributed by atoms with Gasteiger partial charge in [-0.25, -0.2) is 4.79 Å². The molecule has 1 fully saturated rings. The second kappa shape index (κ2) is 6.11. The van der Waals surface area contributed by atoms with E-state index in [-0.39, 0.29) is 11.9 Å². The number of nitrogens with zero attached hydrogens (tertiary/aromatic N) is 2. The number of carboxylic acid groups (broad SMARTS) is 1. The van der Waals surface area contributed by atoms with E-state index in [0.29, 0.717) is 18.7 Å². The van der Waals surface area contributed by atoms with Crippen LogP contribution in [0.25, 0.3) is 0 Å². The molecule has 1 aliphatic rings. The van der Waals surface area contributed by atoms with Gasteiger partial charge in [-0.15, -0.1) is 0 Å². The molecule has 5 nitrogen and oxygen atoms in total. The van der Waals surface area contributed by atoms with Gasteiger partial charge in [0.1, 0.15) is 11.7 Å². The van der Waals surface area contributed by atoms with E-state index in [1.165, 1.54) is 4.90 Å². The first-order chi connectivity index (χ1) is 9.52. The average Bonchev–Trinajstić information content (AvgIpc) is 2.75. The van der Waals surface area contributed by atoms with Crippen molar-refractivity contribution in [1.82, 2.24) is 9.47 Å². The number of aromatic nitrogens is 1. The number of hydrogen-bond acceptors (Lipinski definition) is 2. The molecule has 1 aromatic heterocycles. The Morgan fingerprint density at radius 2 is 2.05 bits per heavy atom. The Morgan fingerprint density at radius 3 is 2.70 bits per heavy atom. The first-order valence-electron chi connectivity index (χ1n) is 7.23. The van der Waals surface area contributed by atoms with Crippen molar-refractivity contribution in [3.05, 3.63) is 24.0 Å². The molecular weight excluding hydrogens is 256 g/mol. The lowest BCUT2D eigenvalue weighted by Crippen LogP contribution is -2.45. The van der Waals surface area contributed by atoms with Crippen LogP contribution in [0.5, 0.6) is 0 Å². The van der Waals surface area contributed by atoms with Crippen molar-refractivity contribution >= 4 is 11.9 Å². The molecule has 110 valence electrons. The van der Waals surface area contributed by atoms with Gasteiger partial charge in [-0.2, -0.15) is 0 Å². The van der Waals surface area contributed by atoms with Gasteiger partial charge < -0.3 is 14.6 Å². The van der Waals surface area contributed by atoms with Gasteiger partial charge in [0.25, 0.3) is 5.91 Å². The number of aliphatic carboxylic acids is 1. The average molecular weight is 278 g/mol. The number of carbonyl (C=O) groups is 2. The summed E-state index contributed by atoms with van der Waals surface area (Å²) in [5.74, 6) is -1.07. The molecule has 2 heterocycles. The fourth-order valence-electron chi connectivity index (χ4n) is 2.78. The summed E-state index contributed by atoms with van der Waals surface area (Å²) < 4.78 is 1.89. The van der Waals surface area contributed by atoms with Crippen molar-refractivity contribution in [2.24, 2.45) is 0 Å². The van der Waals surface area contributed by atoms with E-state index in [1.807, 2.05) is 30.7 Å². The molecule has 1 amide bonds. The van der Waals surface area contributed by atoms with Crippen molar-refractivity contribution in [3.63, 3.8) is 0 Å². The third-order valence-electron chi connectivity index (χ3n) is 3.85. The Hall–Kier alpha value is -1.78. The zero-order valence-corrected chi connectivity index (χ0v) is 12.1. The molecule has 1 aromatic rings. The maximum Gasteiger partial charge on any atom is 0.326 e. The van der Waals surface area contributed by atoms with Gasteiger partial charge in [-0.05, 0) is 38.8 Å². The number of carboxylic acids is 1. The van der Waals surface area contributed by atoms with Gasteiger partial charge in [0, 0.05) is 18.8 Å². The zero-order valence-electron chi connectivity index (χ0n) is 12.1. The highest BCUT2D eigenvalue weighted by molar-refractivity contribution is 5.95. The predicted octanol–water partition coefficient (Wildman–Crippen LogP) is 2.54. The highest BCUT2D eigenvalue weighted by atomic mass is 16.4. The third-order valence-corrected chi connectivity index (χ3v) is 3.85. The molecule has 1 aliphatic heterocycles. The Balaban J connectivity index is 2.29. The lowest BCUT2D eigenvalue weighted by molar-refractivity contribution is -0.142. The van der Waals surface area contributed by atoms with Crippen molar-refractivity contribution in [1.29, 1.82) is 0 Å². The van der Waals surface area contributed by atoms with Crippen LogP contribution >= 0.6 is 0 Å². The molecule has 0 spiro atoms. The van der Waals surface area contributed by atoms with Gasteiger partial charge in [0.05, 0.1) is 0 Å². The number of likely N-dealkylation sites (tertiary alicyclic amines) is 1. The Bertz CT molecular complexity index is 493. The van der Waals surface area contributed by atoms with E-state index in [1.54, 1.807) is 6.07 Å². The summed E-state index contributed by atoms with van der Waals surface area (Å²) in [5, 5.41) is 9.36. The highest BCUT2D eigenvalue weighted by Crippen LogP contribution is 2.21. The molecule has 0 bridgehead atoms. The van der Waals surface area contributed by atoms with Crippen LogP contribution in [0.3, 0.4) is 0 Å². The zero-order chi connectivity index (χ0) is 14.7. The molecule has 0 aliphatic carbocycles. The van der Waals surface area contributed by atoms with Crippen LogP contribution in [-0.4, -0.2) is 39.0 Å². The minimum Gasteiger partial charge on any atom is -0.480 e. The van der Waals surface area contributed by atoms with Gasteiger partial charge in [0.2, 0.25) is 0 Å². The standard InChI is InChI=1S/C15H22N2O3/c1-11(2)16-10-6-8-12(16)14(18)17-9-5-3-4-7-13(17)15(19)20/h6,8,10-11,13H,3-5,7,9H2,1-2H3,(H,19,20). The van der Waals surface area contributed by atoms with Crippen LogP contribution in [0.4, 0.5) is 0 Å². The van der Waals surface area contributed by atoms with Crippen molar-refractivity contribution in [2.45, 2.75) is 51.6 Å². The molecule has 0 radical (unpaired) electrons. The molecule has 0 saturated carbocycles. The summed E-state index contributed by atoms with van der Waals surface area (Å²) in [5.41, 5.74) is 0.577. The fraction of sp³-hybridized carbons (Fsp3) is 0.600. The minimum atomic E-state index is -0.900. The molecule has 1 atom stereocenters. The first kappa shape index (κ1) is 14.6. The van der Waals surface area contributed by atoms with Crippen LogP contribution in [0, 0.1) is 0 Å². The number of amides is 1. The molecule has 1 saturated heterocycles. The van der Waals surface area contributed by atoms with E-state index in [4.69, 9.17) is 0 Å². The van der Waals surface area contributed by atoms with Crippen molar-refractivity contribution in [2.75, 3.05) is 6.54 Å². The van der Waals surface area contributed by atoms with E-state index in [2.05, 4.69) is 0 Å². The molecule has 20 heavy (non-hydrogen) atoms. The molecular formula is C15H22N2O3.